The van der Waals surface area contributed by atoms with Gasteiger partial charge in [0.15, 0.2) is 0 Å². The maximum absolute atomic E-state index is 13.6. The molecule has 1 saturated carbocycles. The van der Waals surface area contributed by atoms with Crippen molar-refractivity contribution in [3.05, 3.63) is 70.9 Å². The van der Waals surface area contributed by atoms with Crippen molar-refractivity contribution in [3.8, 4) is 5.75 Å². The number of ether oxygens (including phenoxy) is 1. The molecule has 2 aliphatic rings. The van der Waals surface area contributed by atoms with Gasteiger partial charge in [-0.05, 0) is 49.4 Å². The van der Waals surface area contributed by atoms with Crippen LogP contribution in [0.15, 0.2) is 54.2 Å². The maximum atomic E-state index is 13.6. The largest absolute Gasteiger partial charge is 0.507 e. The highest BCUT2D eigenvalue weighted by atomic mass is 16.5. The van der Waals surface area contributed by atoms with Gasteiger partial charge in [0, 0.05) is 46.9 Å². The highest BCUT2D eigenvalue weighted by Gasteiger charge is 2.50. The molecule has 0 spiro atoms. The molecule has 0 bridgehead atoms. The summed E-state index contributed by atoms with van der Waals surface area (Å²) in [6.45, 7) is 8.73. The molecule has 5 rings (SSSR count). The summed E-state index contributed by atoms with van der Waals surface area (Å²) in [6, 6.07) is 12.9. The Morgan fingerprint density at radius 2 is 1.78 bits per heavy atom. The van der Waals surface area contributed by atoms with Gasteiger partial charge in [-0.2, -0.15) is 0 Å². The zero-order valence-electron chi connectivity index (χ0n) is 22.4. The minimum atomic E-state index is -0.640. The van der Waals surface area contributed by atoms with Gasteiger partial charge in [0.25, 0.3) is 11.7 Å². The van der Waals surface area contributed by atoms with E-state index in [1.54, 1.807) is 11.0 Å². The molecule has 0 radical (unpaired) electrons. The van der Waals surface area contributed by atoms with Gasteiger partial charge in [-0.25, -0.2) is 0 Å². The van der Waals surface area contributed by atoms with Gasteiger partial charge >= 0.3 is 0 Å². The summed E-state index contributed by atoms with van der Waals surface area (Å²) in [4.78, 5) is 28.9. The second-order valence-electron chi connectivity index (χ2n) is 11.3. The Morgan fingerprint density at radius 3 is 2.46 bits per heavy atom. The molecule has 2 fully saturated rings. The number of likely N-dealkylation sites (tertiary alicyclic amines) is 1. The highest BCUT2D eigenvalue weighted by Crippen LogP contribution is 2.46. The van der Waals surface area contributed by atoms with Crippen LogP contribution in [-0.2, 0) is 22.1 Å². The molecule has 1 N–H and O–H groups in total. The van der Waals surface area contributed by atoms with Gasteiger partial charge in [0.05, 0.1) is 18.2 Å². The Hall–Kier alpha value is -3.54. The molecule has 6 heteroatoms. The molecule has 1 amide bonds. The van der Waals surface area contributed by atoms with Crippen molar-refractivity contribution in [3.63, 3.8) is 0 Å². The summed E-state index contributed by atoms with van der Waals surface area (Å²) < 4.78 is 7.88. The van der Waals surface area contributed by atoms with Crippen molar-refractivity contribution in [2.45, 2.75) is 70.9 Å². The third kappa shape index (κ3) is 4.22. The highest BCUT2D eigenvalue weighted by molar-refractivity contribution is 6.46. The lowest BCUT2D eigenvalue weighted by Gasteiger charge is -2.30. The number of nitrogens with zero attached hydrogens (tertiary/aromatic N) is 2. The van der Waals surface area contributed by atoms with Crippen LogP contribution in [0.2, 0.25) is 0 Å². The van der Waals surface area contributed by atoms with Crippen molar-refractivity contribution >= 4 is 28.4 Å². The summed E-state index contributed by atoms with van der Waals surface area (Å²) >= 11 is 0. The van der Waals surface area contributed by atoms with E-state index in [4.69, 9.17) is 4.74 Å². The number of hydrogen-bond donors (Lipinski definition) is 1. The average molecular weight is 501 g/mol. The number of para-hydroxylation sites is 1. The Bertz CT molecular complexity index is 1400. The van der Waals surface area contributed by atoms with Crippen molar-refractivity contribution < 1.29 is 19.4 Å². The topological polar surface area (TPSA) is 71.8 Å². The number of hydrogen-bond acceptors (Lipinski definition) is 4. The van der Waals surface area contributed by atoms with E-state index in [2.05, 4.69) is 20.8 Å². The molecule has 1 aliphatic carbocycles. The average Bonchev–Trinajstić information content (AvgIpc) is 3.57. The number of ketones is 1. The minimum Gasteiger partial charge on any atom is -0.507 e. The zero-order chi connectivity index (χ0) is 26.5. The van der Waals surface area contributed by atoms with E-state index in [1.807, 2.05) is 61.1 Å². The zero-order valence-corrected chi connectivity index (χ0v) is 22.4. The number of amides is 1. The van der Waals surface area contributed by atoms with E-state index in [0.717, 1.165) is 53.5 Å². The third-order valence-corrected chi connectivity index (χ3v) is 7.78. The van der Waals surface area contributed by atoms with Crippen molar-refractivity contribution in [1.82, 2.24) is 9.47 Å². The number of fused-ring (bicyclic) bond motifs is 1. The second-order valence-corrected chi connectivity index (χ2v) is 11.3. The maximum Gasteiger partial charge on any atom is 0.295 e. The number of Topliss-reactive ketones (excluding diaryl/α,β-unsaturated/α-hetero) is 1. The number of aliphatic hydroxyl groups is 1. The molecular formula is C31H36N2O4. The number of carbonyl (C=O) groups excluding carboxylic acids is 2. The lowest BCUT2D eigenvalue weighted by atomic mass is 9.84. The Kier molecular flexibility index (Phi) is 6.38. The second kappa shape index (κ2) is 9.40. The Labute approximate surface area is 218 Å². The third-order valence-electron chi connectivity index (χ3n) is 7.78. The Morgan fingerprint density at radius 1 is 1.08 bits per heavy atom. The first-order chi connectivity index (χ1) is 17.6. The van der Waals surface area contributed by atoms with Gasteiger partial charge < -0.3 is 19.3 Å². The fraction of sp³-hybridized carbons (Fsp3) is 0.419. The Balaban J connectivity index is 1.74. The van der Waals surface area contributed by atoms with Gasteiger partial charge in [0.2, 0.25) is 0 Å². The normalized spacial score (nSPS) is 20.4. The first-order valence-corrected chi connectivity index (χ1v) is 13.2. The quantitative estimate of drug-likeness (QED) is 0.256. The molecule has 2 aromatic carbocycles. The summed E-state index contributed by atoms with van der Waals surface area (Å²) in [6.07, 6.45) is 5.79. The van der Waals surface area contributed by atoms with E-state index in [0.29, 0.717) is 12.2 Å². The van der Waals surface area contributed by atoms with E-state index in [9.17, 15) is 14.7 Å². The number of benzene rings is 2. The van der Waals surface area contributed by atoms with Gasteiger partial charge in [-0.15, -0.1) is 0 Å². The molecular weight excluding hydrogens is 464 g/mol. The number of aliphatic hydroxyl groups excluding tert-OH is 1. The molecule has 194 valence electrons. The van der Waals surface area contributed by atoms with Crippen molar-refractivity contribution in [2.75, 3.05) is 6.61 Å². The number of carbonyl (C=O) groups is 2. The van der Waals surface area contributed by atoms with Crippen LogP contribution >= 0.6 is 0 Å². The molecule has 1 saturated heterocycles. The molecule has 3 aromatic rings. The van der Waals surface area contributed by atoms with Crippen molar-refractivity contribution in [2.24, 2.45) is 7.05 Å². The molecule has 1 aliphatic heterocycles. The van der Waals surface area contributed by atoms with Crippen LogP contribution in [0.5, 0.6) is 5.75 Å². The summed E-state index contributed by atoms with van der Waals surface area (Å²) in [5, 5.41) is 12.7. The lowest BCUT2D eigenvalue weighted by molar-refractivity contribution is -0.141. The molecule has 1 unspecified atom stereocenters. The molecule has 6 nitrogen and oxygen atoms in total. The monoisotopic (exact) mass is 500 g/mol. The van der Waals surface area contributed by atoms with E-state index < -0.39 is 17.7 Å². The van der Waals surface area contributed by atoms with Gasteiger partial charge in [-0.3, -0.25) is 9.59 Å². The smallest absolute Gasteiger partial charge is 0.295 e. The van der Waals surface area contributed by atoms with E-state index >= 15 is 0 Å². The first-order valence-electron chi connectivity index (χ1n) is 13.2. The van der Waals surface area contributed by atoms with Crippen LogP contribution in [0.1, 0.15) is 76.1 Å². The summed E-state index contributed by atoms with van der Waals surface area (Å²) in [5.74, 6) is -0.518. The molecule has 1 atom stereocenters. The lowest BCUT2D eigenvalue weighted by Crippen LogP contribution is -2.37. The van der Waals surface area contributed by atoms with Crippen LogP contribution in [0.4, 0.5) is 0 Å². The molecule has 37 heavy (non-hydrogen) atoms. The van der Waals surface area contributed by atoms with Gasteiger partial charge in [-0.1, -0.05) is 51.8 Å². The van der Waals surface area contributed by atoms with Crippen LogP contribution in [0, 0.1) is 0 Å². The van der Waals surface area contributed by atoms with Gasteiger partial charge in [0.1, 0.15) is 11.5 Å². The number of aryl methyl sites for hydroxylation is 1. The van der Waals surface area contributed by atoms with Crippen LogP contribution in [0.25, 0.3) is 16.7 Å². The fourth-order valence-corrected chi connectivity index (χ4v) is 6.01. The van der Waals surface area contributed by atoms with Crippen LogP contribution in [0.3, 0.4) is 0 Å². The van der Waals surface area contributed by atoms with E-state index in [-0.39, 0.29) is 22.8 Å². The fourth-order valence-electron chi connectivity index (χ4n) is 6.01. The summed E-state index contributed by atoms with van der Waals surface area (Å²) in [7, 11) is 1.97. The predicted octanol–water partition coefficient (Wildman–Crippen LogP) is 6.24. The molecule has 1 aromatic heterocycles. The van der Waals surface area contributed by atoms with Crippen LogP contribution < -0.4 is 4.74 Å². The SMILES string of the molecule is CCOc1ccc(/C(O)=C2\C(=O)C(=O)N(C3CCCC3)C2c2cn(C)c3ccccc23)cc1C(C)(C)C. The van der Waals surface area contributed by atoms with Crippen LogP contribution in [-0.4, -0.2) is 38.9 Å². The number of rotatable bonds is 5. The first kappa shape index (κ1) is 25.1. The van der Waals surface area contributed by atoms with E-state index in [1.165, 1.54) is 0 Å². The summed E-state index contributed by atoms with van der Waals surface area (Å²) in [5.41, 5.74) is 3.26. The predicted molar refractivity (Wildman–Crippen MR) is 146 cm³/mol. The molecule has 2 heterocycles. The van der Waals surface area contributed by atoms with Crippen molar-refractivity contribution in [1.29, 1.82) is 0 Å². The standard InChI is InChI=1S/C31H36N2O4/c1-6-37-25-16-15-19(17-23(25)31(2,3)4)28(34)26-27(22-18-32(5)24-14-10-9-13-21(22)24)33(30(36)29(26)35)20-11-7-8-12-20/h9-10,13-18,20,27,34H,6-8,11-12H2,1-5H3/b28-26+. The number of aromatic nitrogens is 1. The minimum absolute atomic E-state index is 0.0174.